The zero-order valence-corrected chi connectivity index (χ0v) is 9.99. The molecule has 1 saturated carbocycles. The summed E-state index contributed by atoms with van der Waals surface area (Å²) in [5.41, 5.74) is 1.85. The number of esters is 1. The molecule has 0 amide bonds. The first-order valence-electron chi connectivity index (χ1n) is 5.83. The first-order chi connectivity index (χ1) is 8.63. The molecule has 1 aliphatic rings. The lowest BCUT2D eigenvalue weighted by Gasteiger charge is -2.12. The van der Waals surface area contributed by atoms with E-state index in [0.29, 0.717) is 17.5 Å². The van der Waals surface area contributed by atoms with Gasteiger partial charge in [0.15, 0.2) is 5.58 Å². The lowest BCUT2D eigenvalue weighted by atomic mass is 9.96. The SMILES string of the molecule is COC(=O)C1(Cc2ccc3oc(=O)[nH]c3c2)CC1. The van der Waals surface area contributed by atoms with Gasteiger partial charge in [-0.3, -0.25) is 9.78 Å². The smallest absolute Gasteiger partial charge is 0.417 e. The number of methoxy groups -OCH3 is 1. The summed E-state index contributed by atoms with van der Waals surface area (Å²) in [7, 11) is 1.42. The third-order valence-electron chi connectivity index (χ3n) is 3.50. The Morgan fingerprint density at radius 3 is 2.94 bits per heavy atom. The van der Waals surface area contributed by atoms with Gasteiger partial charge in [0.1, 0.15) is 0 Å². The fourth-order valence-electron chi connectivity index (χ4n) is 2.32. The molecule has 0 bridgehead atoms. The molecule has 0 aliphatic heterocycles. The fourth-order valence-corrected chi connectivity index (χ4v) is 2.32. The molecule has 1 N–H and O–H groups in total. The average Bonchev–Trinajstić information content (AvgIpc) is 3.03. The van der Waals surface area contributed by atoms with Crippen LogP contribution < -0.4 is 5.76 Å². The fraction of sp³-hybridized carbons (Fsp3) is 0.385. The van der Waals surface area contributed by atoms with Gasteiger partial charge in [-0.15, -0.1) is 0 Å². The standard InChI is InChI=1S/C13H13NO4/c1-17-11(15)13(4-5-13)7-8-2-3-10-9(6-8)14-12(16)18-10/h2-3,6H,4-5,7H2,1H3,(H,14,16). The van der Waals surface area contributed by atoms with Crippen LogP contribution >= 0.6 is 0 Å². The van der Waals surface area contributed by atoms with Crippen molar-refractivity contribution in [3.05, 3.63) is 34.3 Å². The van der Waals surface area contributed by atoms with Crippen molar-refractivity contribution in [1.82, 2.24) is 4.98 Å². The van der Waals surface area contributed by atoms with Crippen molar-refractivity contribution in [1.29, 1.82) is 0 Å². The van der Waals surface area contributed by atoms with Crippen LogP contribution in [0.5, 0.6) is 0 Å². The number of H-pyrrole nitrogens is 1. The molecule has 0 radical (unpaired) electrons. The van der Waals surface area contributed by atoms with E-state index >= 15 is 0 Å². The van der Waals surface area contributed by atoms with Gasteiger partial charge in [-0.05, 0) is 37.0 Å². The van der Waals surface area contributed by atoms with Gasteiger partial charge in [-0.1, -0.05) is 6.07 Å². The van der Waals surface area contributed by atoms with Gasteiger partial charge in [-0.2, -0.15) is 0 Å². The van der Waals surface area contributed by atoms with Gasteiger partial charge < -0.3 is 9.15 Å². The Morgan fingerprint density at radius 1 is 1.50 bits per heavy atom. The van der Waals surface area contributed by atoms with Gasteiger partial charge in [0.05, 0.1) is 18.0 Å². The number of benzene rings is 1. The normalized spacial score (nSPS) is 16.7. The zero-order valence-electron chi connectivity index (χ0n) is 9.99. The van der Waals surface area contributed by atoms with Crippen LogP contribution in [0.15, 0.2) is 27.4 Å². The van der Waals surface area contributed by atoms with Crippen molar-refractivity contribution < 1.29 is 13.9 Å². The lowest BCUT2D eigenvalue weighted by molar-refractivity contribution is -0.147. The third-order valence-corrected chi connectivity index (χ3v) is 3.50. The quantitative estimate of drug-likeness (QED) is 0.836. The van der Waals surface area contributed by atoms with Crippen LogP contribution in [0, 0.1) is 5.41 Å². The largest absolute Gasteiger partial charge is 0.469 e. The van der Waals surface area contributed by atoms with E-state index in [9.17, 15) is 9.59 Å². The highest BCUT2D eigenvalue weighted by molar-refractivity contribution is 5.80. The Hall–Kier alpha value is -2.04. The van der Waals surface area contributed by atoms with Crippen molar-refractivity contribution in [2.75, 3.05) is 7.11 Å². The molecule has 1 fully saturated rings. The molecule has 0 unspecified atom stereocenters. The molecule has 5 heteroatoms. The maximum atomic E-state index is 11.7. The Balaban J connectivity index is 1.91. The number of nitrogens with one attached hydrogen (secondary N) is 1. The van der Waals surface area contributed by atoms with E-state index in [1.165, 1.54) is 7.11 Å². The molecule has 0 atom stereocenters. The summed E-state index contributed by atoms with van der Waals surface area (Å²) in [5, 5.41) is 0. The zero-order chi connectivity index (χ0) is 12.8. The molecule has 5 nitrogen and oxygen atoms in total. The van der Waals surface area contributed by atoms with Gasteiger partial charge in [0.25, 0.3) is 0 Å². The van der Waals surface area contributed by atoms with E-state index in [-0.39, 0.29) is 11.4 Å². The van der Waals surface area contributed by atoms with Gasteiger partial charge >= 0.3 is 11.7 Å². The predicted molar refractivity (Wildman–Crippen MR) is 64.2 cm³/mol. The summed E-state index contributed by atoms with van der Waals surface area (Å²) in [4.78, 5) is 25.3. The van der Waals surface area contributed by atoms with E-state index in [4.69, 9.17) is 9.15 Å². The number of ether oxygens (including phenoxy) is 1. The summed E-state index contributed by atoms with van der Waals surface area (Å²) in [5.74, 6) is -0.612. The van der Waals surface area contributed by atoms with E-state index in [1.54, 1.807) is 6.07 Å². The van der Waals surface area contributed by atoms with Crippen LogP contribution in [0.2, 0.25) is 0 Å². The first-order valence-corrected chi connectivity index (χ1v) is 5.83. The molecule has 18 heavy (non-hydrogen) atoms. The molecule has 3 rings (SSSR count). The molecule has 0 saturated heterocycles. The second-order valence-corrected chi connectivity index (χ2v) is 4.79. The van der Waals surface area contributed by atoms with Crippen LogP contribution in [-0.4, -0.2) is 18.1 Å². The van der Waals surface area contributed by atoms with Gasteiger partial charge in [0, 0.05) is 0 Å². The molecule has 0 spiro atoms. The van der Waals surface area contributed by atoms with Crippen LogP contribution in [0.3, 0.4) is 0 Å². The summed E-state index contributed by atoms with van der Waals surface area (Å²) in [6.07, 6.45) is 2.36. The topological polar surface area (TPSA) is 72.3 Å². The van der Waals surface area contributed by atoms with E-state index in [1.807, 2.05) is 12.1 Å². The minimum absolute atomic E-state index is 0.150. The highest BCUT2D eigenvalue weighted by atomic mass is 16.5. The number of fused-ring (bicyclic) bond motifs is 1. The Labute approximate surface area is 103 Å². The monoisotopic (exact) mass is 247 g/mol. The summed E-state index contributed by atoms with van der Waals surface area (Å²) in [6, 6.07) is 5.47. The predicted octanol–water partition coefficient (Wildman–Crippen LogP) is 1.62. The number of oxazole rings is 1. The number of hydrogen-bond acceptors (Lipinski definition) is 4. The molecule has 1 heterocycles. The van der Waals surface area contributed by atoms with Crippen LogP contribution in [0.1, 0.15) is 18.4 Å². The van der Waals surface area contributed by atoms with Gasteiger partial charge in [-0.25, -0.2) is 4.79 Å². The van der Waals surface area contributed by atoms with Crippen molar-refractivity contribution in [2.45, 2.75) is 19.3 Å². The summed E-state index contributed by atoms with van der Waals surface area (Å²) >= 11 is 0. The highest BCUT2D eigenvalue weighted by Gasteiger charge is 2.50. The molecule has 1 aliphatic carbocycles. The maximum Gasteiger partial charge on any atom is 0.417 e. The Bertz CT molecular complexity index is 663. The number of carbonyl (C=O) groups is 1. The maximum absolute atomic E-state index is 11.7. The Morgan fingerprint density at radius 2 is 2.28 bits per heavy atom. The summed E-state index contributed by atoms with van der Waals surface area (Å²) < 4.78 is 9.76. The number of hydrogen-bond donors (Lipinski definition) is 1. The third kappa shape index (κ3) is 1.72. The number of carbonyl (C=O) groups excluding carboxylic acids is 1. The number of rotatable bonds is 3. The second kappa shape index (κ2) is 3.73. The van der Waals surface area contributed by atoms with E-state index in [2.05, 4.69) is 4.98 Å². The second-order valence-electron chi connectivity index (χ2n) is 4.79. The molecule has 94 valence electrons. The molecule has 1 aromatic carbocycles. The summed E-state index contributed by atoms with van der Waals surface area (Å²) in [6.45, 7) is 0. The van der Waals surface area contributed by atoms with Crippen molar-refractivity contribution >= 4 is 17.1 Å². The van der Waals surface area contributed by atoms with Crippen LogP contribution in [-0.2, 0) is 16.0 Å². The number of aromatic amines is 1. The first kappa shape index (κ1) is 11.1. The van der Waals surface area contributed by atoms with E-state index in [0.717, 1.165) is 18.4 Å². The van der Waals surface area contributed by atoms with Crippen LogP contribution in [0.4, 0.5) is 0 Å². The van der Waals surface area contributed by atoms with E-state index < -0.39 is 5.76 Å². The van der Waals surface area contributed by atoms with Crippen molar-refractivity contribution in [3.63, 3.8) is 0 Å². The van der Waals surface area contributed by atoms with Crippen LogP contribution in [0.25, 0.3) is 11.1 Å². The minimum Gasteiger partial charge on any atom is -0.469 e. The Kier molecular flexibility index (Phi) is 2.29. The molecular weight excluding hydrogens is 234 g/mol. The molecule has 1 aromatic heterocycles. The lowest BCUT2D eigenvalue weighted by Crippen LogP contribution is -2.19. The minimum atomic E-state index is -0.462. The molecule has 2 aromatic rings. The average molecular weight is 247 g/mol. The van der Waals surface area contributed by atoms with Crippen molar-refractivity contribution in [3.8, 4) is 0 Å². The number of aromatic nitrogens is 1. The molecular formula is C13H13NO4. The highest BCUT2D eigenvalue weighted by Crippen LogP contribution is 2.49. The van der Waals surface area contributed by atoms with Gasteiger partial charge in [0.2, 0.25) is 0 Å². The van der Waals surface area contributed by atoms with Crippen molar-refractivity contribution in [2.24, 2.45) is 5.41 Å².